The molecular formula is C24H23FN2O2S. The number of halogens is 1. The molecule has 1 aliphatic heterocycles. The van der Waals surface area contributed by atoms with E-state index in [-0.39, 0.29) is 23.5 Å². The molecule has 6 heteroatoms. The zero-order valence-electron chi connectivity index (χ0n) is 16.8. The third-order valence-electron chi connectivity index (χ3n) is 5.23. The van der Waals surface area contributed by atoms with Crippen molar-refractivity contribution in [2.75, 3.05) is 11.9 Å². The van der Waals surface area contributed by atoms with Crippen molar-refractivity contribution in [3.8, 4) is 0 Å². The Balaban J connectivity index is 1.80. The minimum atomic E-state index is -0.568. The first-order valence-corrected chi connectivity index (χ1v) is 10.8. The van der Waals surface area contributed by atoms with Crippen molar-refractivity contribution in [1.82, 2.24) is 4.90 Å². The first kappa shape index (κ1) is 20.3. The van der Waals surface area contributed by atoms with Crippen LogP contribution in [0.1, 0.15) is 46.6 Å². The van der Waals surface area contributed by atoms with E-state index in [4.69, 9.17) is 0 Å². The van der Waals surface area contributed by atoms with Gasteiger partial charge in [-0.3, -0.25) is 9.59 Å². The van der Waals surface area contributed by atoms with Crippen LogP contribution >= 0.6 is 11.3 Å². The van der Waals surface area contributed by atoms with Crippen LogP contribution in [-0.4, -0.2) is 23.3 Å². The molecule has 1 aliphatic rings. The topological polar surface area (TPSA) is 49.4 Å². The molecule has 0 saturated heterocycles. The second-order valence-electron chi connectivity index (χ2n) is 7.87. The summed E-state index contributed by atoms with van der Waals surface area (Å²) < 4.78 is 13.3. The predicted molar refractivity (Wildman–Crippen MR) is 117 cm³/mol. The van der Waals surface area contributed by atoms with Crippen molar-refractivity contribution >= 4 is 28.8 Å². The quantitative estimate of drug-likeness (QED) is 0.593. The average Bonchev–Trinajstić information content (AvgIpc) is 3.25. The molecule has 0 unspecified atom stereocenters. The number of amides is 2. The molecule has 2 heterocycles. The molecular weight excluding hydrogens is 399 g/mol. The van der Waals surface area contributed by atoms with E-state index in [9.17, 15) is 14.0 Å². The number of anilines is 1. The molecule has 30 heavy (non-hydrogen) atoms. The molecule has 2 amide bonds. The van der Waals surface area contributed by atoms with Gasteiger partial charge in [-0.2, -0.15) is 0 Å². The summed E-state index contributed by atoms with van der Waals surface area (Å²) in [5.74, 6) is -0.942. The van der Waals surface area contributed by atoms with Crippen molar-refractivity contribution in [1.29, 1.82) is 0 Å². The fourth-order valence-corrected chi connectivity index (χ4v) is 4.87. The van der Waals surface area contributed by atoms with Gasteiger partial charge in [-0.25, -0.2) is 4.39 Å². The van der Waals surface area contributed by atoms with Crippen molar-refractivity contribution in [2.45, 2.75) is 25.8 Å². The zero-order chi connectivity index (χ0) is 21.3. The van der Waals surface area contributed by atoms with Gasteiger partial charge in [0.05, 0.1) is 12.0 Å². The van der Waals surface area contributed by atoms with Crippen LogP contribution in [0.2, 0.25) is 0 Å². The van der Waals surface area contributed by atoms with Crippen molar-refractivity contribution < 1.29 is 14.0 Å². The summed E-state index contributed by atoms with van der Waals surface area (Å²) in [7, 11) is 0. The van der Waals surface area contributed by atoms with Gasteiger partial charge in [-0.1, -0.05) is 38.1 Å². The zero-order valence-corrected chi connectivity index (χ0v) is 17.7. The van der Waals surface area contributed by atoms with E-state index < -0.39 is 12.0 Å². The summed E-state index contributed by atoms with van der Waals surface area (Å²) >= 11 is 1.54. The second kappa shape index (κ2) is 8.40. The van der Waals surface area contributed by atoms with Crippen LogP contribution in [0.25, 0.3) is 0 Å². The molecule has 0 aliphatic carbocycles. The minimum Gasteiger partial charge on any atom is -0.329 e. The first-order valence-electron chi connectivity index (χ1n) is 9.95. The lowest BCUT2D eigenvalue weighted by Crippen LogP contribution is -2.47. The predicted octanol–water partition coefficient (Wildman–Crippen LogP) is 5.46. The van der Waals surface area contributed by atoms with Gasteiger partial charge in [0, 0.05) is 22.7 Å². The van der Waals surface area contributed by atoms with Gasteiger partial charge in [-0.05, 0) is 53.3 Å². The molecule has 4 rings (SSSR count). The molecule has 2 atom stereocenters. The Morgan fingerprint density at radius 3 is 2.50 bits per heavy atom. The van der Waals surface area contributed by atoms with Crippen LogP contribution in [0.3, 0.4) is 0 Å². The molecule has 1 N–H and O–H groups in total. The highest BCUT2D eigenvalue weighted by molar-refractivity contribution is 7.10. The Kier molecular flexibility index (Phi) is 5.68. The number of rotatable bonds is 5. The van der Waals surface area contributed by atoms with E-state index in [1.54, 1.807) is 29.5 Å². The summed E-state index contributed by atoms with van der Waals surface area (Å²) in [4.78, 5) is 29.7. The molecule has 0 saturated carbocycles. The molecule has 154 valence electrons. The monoisotopic (exact) mass is 422 g/mol. The van der Waals surface area contributed by atoms with Crippen LogP contribution in [-0.2, 0) is 4.79 Å². The first-order chi connectivity index (χ1) is 14.5. The van der Waals surface area contributed by atoms with Crippen LogP contribution in [0.4, 0.5) is 10.1 Å². The van der Waals surface area contributed by atoms with E-state index in [2.05, 4.69) is 19.2 Å². The van der Waals surface area contributed by atoms with Gasteiger partial charge >= 0.3 is 0 Å². The standard InChI is InChI=1S/C24H23FN2O2S/c1-15(2)14-27-22(20-8-5-13-30-20)21(18-6-3-4-7-19(18)24(27)29)23(28)26-17-11-9-16(25)10-12-17/h3-13,15,21-22H,14H2,1-2H3,(H,26,28)/t21-,22-/m1/s1. The van der Waals surface area contributed by atoms with Gasteiger partial charge in [-0.15, -0.1) is 11.3 Å². The van der Waals surface area contributed by atoms with E-state index in [0.29, 0.717) is 17.8 Å². The van der Waals surface area contributed by atoms with Gasteiger partial charge in [0.25, 0.3) is 5.91 Å². The Bertz CT molecular complexity index is 1050. The minimum absolute atomic E-state index is 0.0523. The number of carbonyl (C=O) groups excluding carboxylic acids is 2. The molecule has 0 fully saturated rings. The number of thiophene rings is 1. The lowest BCUT2D eigenvalue weighted by Gasteiger charge is -2.42. The van der Waals surface area contributed by atoms with Crippen LogP contribution in [0.5, 0.6) is 0 Å². The highest BCUT2D eigenvalue weighted by Crippen LogP contribution is 2.44. The number of benzene rings is 2. The number of carbonyl (C=O) groups is 2. The summed E-state index contributed by atoms with van der Waals surface area (Å²) in [6, 6.07) is 16.6. The smallest absolute Gasteiger partial charge is 0.254 e. The summed E-state index contributed by atoms with van der Waals surface area (Å²) in [5.41, 5.74) is 1.81. The maximum absolute atomic E-state index is 13.5. The third kappa shape index (κ3) is 3.87. The van der Waals surface area contributed by atoms with E-state index in [1.807, 2.05) is 40.6 Å². The van der Waals surface area contributed by atoms with E-state index >= 15 is 0 Å². The molecule has 0 bridgehead atoms. The Morgan fingerprint density at radius 2 is 1.83 bits per heavy atom. The summed E-state index contributed by atoms with van der Waals surface area (Å²) in [6.45, 7) is 4.68. The van der Waals surface area contributed by atoms with Gasteiger partial charge < -0.3 is 10.2 Å². The van der Waals surface area contributed by atoms with Crippen LogP contribution < -0.4 is 5.32 Å². The van der Waals surface area contributed by atoms with Crippen LogP contribution in [0, 0.1) is 11.7 Å². The second-order valence-corrected chi connectivity index (χ2v) is 8.85. The number of nitrogens with zero attached hydrogens (tertiary/aromatic N) is 1. The van der Waals surface area contributed by atoms with Crippen molar-refractivity contribution in [3.63, 3.8) is 0 Å². The SMILES string of the molecule is CC(C)CN1C(=O)c2ccccc2[C@@H](C(=O)Nc2ccc(F)cc2)[C@H]1c1cccs1. The maximum atomic E-state index is 13.5. The summed E-state index contributed by atoms with van der Waals surface area (Å²) in [5, 5.41) is 4.88. The average molecular weight is 423 g/mol. The van der Waals surface area contributed by atoms with Crippen LogP contribution in [0.15, 0.2) is 66.0 Å². The Hall–Kier alpha value is -2.99. The molecule has 0 radical (unpaired) electrons. The normalized spacial score (nSPS) is 18.4. The number of hydrogen-bond donors (Lipinski definition) is 1. The lowest BCUT2D eigenvalue weighted by atomic mass is 9.81. The fraction of sp³-hybridized carbons (Fsp3) is 0.250. The van der Waals surface area contributed by atoms with E-state index in [1.165, 1.54) is 12.1 Å². The van der Waals surface area contributed by atoms with Gasteiger partial charge in [0.15, 0.2) is 0 Å². The van der Waals surface area contributed by atoms with Gasteiger partial charge in [0.1, 0.15) is 5.82 Å². The highest BCUT2D eigenvalue weighted by atomic mass is 32.1. The van der Waals surface area contributed by atoms with Gasteiger partial charge in [0.2, 0.25) is 5.91 Å². The van der Waals surface area contributed by atoms with Crippen molar-refractivity contribution in [2.24, 2.45) is 5.92 Å². The lowest BCUT2D eigenvalue weighted by molar-refractivity contribution is -0.119. The third-order valence-corrected chi connectivity index (χ3v) is 6.17. The molecule has 0 spiro atoms. The Labute approximate surface area is 179 Å². The fourth-order valence-electron chi connectivity index (χ4n) is 4.00. The largest absolute Gasteiger partial charge is 0.329 e. The highest BCUT2D eigenvalue weighted by Gasteiger charge is 2.44. The summed E-state index contributed by atoms with van der Waals surface area (Å²) in [6.07, 6.45) is 0. The molecule has 3 aromatic rings. The Morgan fingerprint density at radius 1 is 1.10 bits per heavy atom. The van der Waals surface area contributed by atoms with Crippen molar-refractivity contribution in [3.05, 3.63) is 87.9 Å². The molecule has 1 aromatic heterocycles. The number of fused-ring (bicyclic) bond motifs is 1. The maximum Gasteiger partial charge on any atom is 0.254 e. The molecule has 4 nitrogen and oxygen atoms in total. The number of hydrogen-bond acceptors (Lipinski definition) is 3. The number of nitrogens with one attached hydrogen (secondary N) is 1. The van der Waals surface area contributed by atoms with E-state index in [0.717, 1.165) is 10.4 Å². The molecule has 2 aromatic carbocycles.